The Morgan fingerprint density at radius 1 is 1.57 bits per heavy atom. The number of primary amides is 1. The van der Waals surface area contributed by atoms with E-state index in [1.807, 2.05) is 0 Å². The molecule has 5 heteroatoms. The number of hydrogen-bond donors (Lipinski definition) is 2. The number of nitrogens with two attached hydrogens (primary N) is 2. The Morgan fingerprint density at radius 3 is 2.71 bits per heavy atom. The maximum atomic E-state index is 12.7. The van der Waals surface area contributed by atoms with E-state index < -0.39 is 11.9 Å². The van der Waals surface area contributed by atoms with Crippen molar-refractivity contribution in [2.45, 2.75) is 12.5 Å². The highest BCUT2D eigenvalue weighted by atomic mass is 79.9. The van der Waals surface area contributed by atoms with Gasteiger partial charge in [0.05, 0.1) is 0 Å². The highest BCUT2D eigenvalue weighted by Crippen LogP contribution is 2.24. The minimum atomic E-state index is -0.498. The Hall–Kier alpha value is -0.940. The summed E-state index contributed by atoms with van der Waals surface area (Å²) in [5, 5.41) is 0. The zero-order chi connectivity index (χ0) is 10.7. The zero-order valence-corrected chi connectivity index (χ0v) is 8.92. The minimum absolute atomic E-state index is 0.0459. The van der Waals surface area contributed by atoms with E-state index in [0.29, 0.717) is 10.0 Å². The Balaban J connectivity index is 2.90. The first kappa shape index (κ1) is 11.1. The van der Waals surface area contributed by atoms with Gasteiger partial charge in [0.25, 0.3) is 0 Å². The van der Waals surface area contributed by atoms with Crippen LogP contribution in [0.3, 0.4) is 0 Å². The van der Waals surface area contributed by atoms with Crippen molar-refractivity contribution >= 4 is 21.8 Å². The Labute approximate surface area is 89.4 Å². The molecular formula is C9H10BrFN2O. The molecule has 0 heterocycles. The van der Waals surface area contributed by atoms with Crippen LogP contribution in [0.4, 0.5) is 4.39 Å². The van der Waals surface area contributed by atoms with Gasteiger partial charge in [0.1, 0.15) is 5.82 Å². The van der Waals surface area contributed by atoms with Gasteiger partial charge in [-0.25, -0.2) is 4.39 Å². The molecule has 0 radical (unpaired) electrons. The van der Waals surface area contributed by atoms with Crippen molar-refractivity contribution < 1.29 is 9.18 Å². The number of halogens is 2. The molecule has 1 rings (SSSR count). The standard InChI is InChI=1S/C9H10BrFN2O/c10-7-3-5(11)1-2-6(7)8(12)4-9(13)14/h1-3,8H,4,12H2,(H2,13,14)/t8-/m1/s1. The van der Waals surface area contributed by atoms with Crippen LogP contribution in [0.15, 0.2) is 22.7 Å². The fourth-order valence-corrected chi connectivity index (χ4v) is 1.77. The van der Waals surface area contributed by atoms with Gasteiger partial charge < -0.3 is 11.5 Å². The van der Waals surface area contributed by atoms with E-state index in [4.69, 9.17) is 11.5 Å². The summed E-state index contributed by atoms with van der Waals surface area (Å²) in [5.41, 5.74) is 11.4. The first-order valence-corrected chi connectivity index (χ1v) is 4.79. The molecule has 0 aliphatic heterocycles. The van der Waals surface area contributed by atoms with Gasteiger partial charge in [-0.15, -0.1) is 0 Å². The number of carbonyl (C=O) groups is 1. The molecule has 0 unspecified atom stereocenters. The molecule has 0 bridgehead atoms. The monoisotopic (exact) mass is 260 g/mol. The van der Waals surface area contributed by atoms with Crippen molar-refractivity contribution in [2.24, 2.45) is 11.5 Å². The highest BCUT2D eigenvalue weighted by Gasteiger charge is 2.12. The third-order valence-corrected chi connectivity index (χ3v) is 2.47. The second-order valence-corrected chi connectivity index (χ2v) is 3.80. The SMILES string of the molecule is NC(=O)C[C@@H](N)c1ccc(F)cc1Br. The van der Waals surface area contributed by atoms with Crippen LogP contribution in [0.2, 0.25) is 0 Å². The second-order valence-electron chi connectivity index (χ2n) is 2.94. The molecule has 76 valence electrons. The lowest BCUT2D eigenvalue weighted by Crippen LogP contribution is -2.21. The van der Waals surface area contributed by atoms with Gasteiger partial charge in [-0.05, 0) is 17.7 Å². The summed E-state index contributed by atoms with van der Waals surface area (Å²) in [6, 6.07) is 3.63. The summed E-state index contributed by atoms with van der Waals surface area (Å²) in [6.45, 7) is 0. The van der Waals surface area contributed by atoms with Crippen LogP contribution in [-0.4, -0.2) is 5.91 Å². The average molecular weight is 261 g/mol. The molecule has 0 spiro atoms. The molecule has 0 aliphatic carbocycles. The number of amides is 1. The molecular weight excluding hydrogens is 251 g/mol. The Bertz CT molecular complexity index is 357. The van der Waals surface area contributed by atoms with Gasteiger partial charge in [0, 0.05) is 16.9 Å². The van der Waals surface area contributed by atoms with Gasteiger partial charge in [-0.3, -0.25) is 4.79 Å². The lowest BCUT2D eigenvalue weighted by atomic mass is 10.0. The van der Waals surface area contributed by atoms with Crippen molar-refractivity contribution in [1.29, 1.82) is 0 Å². The largest absolute Gasteiger partial charge is 0.370 e. The van der Waals surface area contributed by atoms with E-state index in [0.717, 1.165) is 0 Å². The Kier molecular flexibility index (Phi) is 3.60. The van der Waals surface area contributed by atoms with Crippen LogP contribution in [0.25, 0.3) is 0 Å². The van der Waals surface area contributed by atoms with E-state index in [1.54, 1.807) is 0 Å². The lowest BCUT2D eigenvalue weighted by Gasteiger charge is -2.11. The first-order valence-electron chi connectivity index (χ1n) is 3.99. The van der Waals surface area contributed by atoms with Crippen LogP contribution in [0.1, 0.15) is 18.0 Å². The predicted octanol–water partition coefficient (Wildman–Crippen LogP) is 1.46. The predicted molar refractivity (Wildman–Crippen MR) is 54.8 cm³/mol. The third-order valence-electron chi connectivity index (χ3n) is 1.78. The maximum absolute atomic E-state index is 12.7. The third kappa shape index (κ3) is 2.78. The van der Waals surface area contributed by atoms with E-state index in [2.05, 4.69) is 15.9 Å². The van der Waals surface area contributed by atoms with Crippen LogP contribution < -0.4 is 11.5 Å². The first-order chi connectivity index (χ1) is 6.50. The van der Waals surface area contributed by atoms with Gasteiger partial charge in [-0.2, -0.15) is 0 Å². The summed E-state index contributed by atoms with van der Waals surface area (Å²) in [5.74, 6) is -0.833. The van der Waals surface area contributed by atoms with Crippen LogP contribution in [-0.2, 0) is 4.79 Å². The molecule has 1 aromatic carbocycles. The van der Waals surface area contributed by atoms with E-state index in [-0.39, 0.29) is 12.2 Å². The minimum Gasteiger partial charge on any atom is -0.370 e. The maximum Gasteiger partial charge on any atom is 0.219 e. The molecule has 0 aromatic heterocycles. The Morgan fingerprint density at radius 2 is 2.21 bits per heavy atom. The zero-order valence-electron chi connectivity index (χ0n) is 7.34. The van der Waals surface area contributed by atoms with Gasteiger partial charge in [0.15, 0.2) is 0 Å². The molecule has 1 aromatic rings. The molecule has 3 nitrogen and oxygen atoms in total. The van der Waals surface area contributed by atoms with Gasteiger partial charge in [-0.1, -0.05) is 22.0 Å². The molecule has 4 N–H and O–H groups in total. The summed E-state index contributed by atoms with van der Waals surface area (Å²) < 4.78 is 13.3. The van der Waals surface area contributed by atoms with Crippen LogP contribution in [0.5, 0.6) is 0 Å². The summed E-state index contributed by atoms with van der Waals surface area (Å²) in [6.07, 6.45) is 0.0459. The average Bonchev–Trinajstić information content (AvgIpc) is 2.01. The number of rotatable bonds is 3. The summed E-state index contributed by atoms with van der Waals surface area (Å²) in [7, 11) is 0. The van der Waals surface area contributed by atoms with Crippen molar-refractivity contribution in [3.05, 3.63) is 34.1 Å². The van der Waals surface area contributed by atoms with Crippen LogP contribution in [0, 0.1) is 5.82 Å². The summed E-state index contributed by atoms with van der Waals surface area (Å²) >= 11 is 3.17. The quantitative estimate of drug-likeness (QED) is 0.864. The van der Waals surface area contributed by atoms with Gasteiger partial charge >= 0.3 is 0 Å². The summed E-state index contributed by atoms with van der Waals surface area (Å²) in [4.78, 5) is 10.6. The van der Waals surface area contributed by atoms with Crippen molar-refractivity contribution in [1.82, 2.24) is 0 Å². The molecule has 0 fully saturated rings. The van der Waals surface area contributed by atoms with Crippen molar-refractivity contribution in [3.63, 3.8) is 0 Å². The topological polar surface area (TPSA) is 69.1 Å². The van der Waals surface area contributed by atoms with Crippen LogP contribution >= 0.6 is 15.9 Å². The highest BCUT2D eigenvalue weighted by molar-refractivity contribution is 9.10. The molecule has 0 saturated heterocycles. The van der Waals surface area contributed by atoms with E-state index in [1.165, 1.54) is 18.2 Å². The van der Waals surface area contributed by atoms with Crippen molar-refractivity contribution in [2.75, 3.05) is 0 Å². The van der Waals surface area contributed by atoms with Crippen molar-refractivity contribution in [3.8, 4) is 0 Å². The second kappa shape index (κ2) is 4.52. The normalized spacial score (nSPS) is 12.5. The molecule has 14 heavy (non-hydrogen) atoms. The number of hydrogen-bond acceptors (Lipinski definition) is 2. The number of benzene rings is 1. The fourth-order valence-electron chi connectivity index (χ4n) is 1.13. The number of carbonyl (C=O) groups excluding carboxylic acids is 1. The molecule has 0 saturated carbocycles. The molecule has 1 atom stereocenters. The van der Waals surface area contributed by atoms with Gasteiger partial charge in [0.2, 0.25) is 5.91 Å². The lowest BCUT2D eigenvalue weighted by molar-refractivity contribution is -0.118. The molecule has 0 aliphatic rings. The van der Waals surface area contributed by atoms with E-state index >= 15 is 0 Å². The van der Waals surface area contributed by atoms with E-state index in [9.17, 15) is 9.18 Å². The molecule has 1 amide bonds. The fraction of sp³-hybridized carbons (Fsp3) is 0.222. The smallest absolute Gasteiger partial charge is 0.219 e.